The summed E-state index contributed by atoms with van der Waals surface area (Å²) >= 11 is 1.51. The van der Waals surface area contributed by atoms with Crippen molar-refractivity contribution in [3.8, 4) is 10.7 Å². The lowest BCUT2D eigenvalue weighted by Gasteiger charge is -2.37. The average molecular weight is 453 g/mol. The fraction of sp³-hybridized carbons (Fsp3) is 0.368. The van der Waals surface area contributed by atoms with Gasteiger partial charge in [0.05, 0.1) is 21.4 Å². The van der Waals surface area contributed by atoms with Gasteiger partial charge in [0, 0.05) is 32.2 Å². The summed E-state index contributed by atoms with van der Waals surface area (Å²) in [7, 11) is 0. The van der Waals surface area contributed by atoms with E-state index >= 15 is 0 Å². The average Bonchev–Trinajstić information content (AvgIpc) is 3.44. The summed E-state index contributed by atoms with van der Waals surface area (Å²) in [5.41, 5.74) is -1.40. The van der Waals surface area contributed by atoms with Gasteiger partial charge in [-0.05, 0) is 30.5 Å². The second-order valence-corrected chi connectivity index (χ2v) is 8.04. The molecule has 1 aliphatic rings. The maximum Gasteiger partial charge on any atom is 0.416 e. The van der Waals surface area contributed by atoms with Gasteiger partial charge in [0.2, 0.25) is 11.7 Å². The van der Waals surface area contributed by atoms with Gasteiger partial charge >= 0.3 is 6.18 Å². The summed E-state index contributed by atoms with van der Waals surface area (Å²) in [6, 6.07) is 6.28. The molecule has 3 aromatic rings. The molecule has 8 nitrogen and oxygen atoms in total. The third-order valence-electron chi connectivity index (χ3n) is 5.24. The van der Waals surface area contributed by atoms with Crippen molar-refractivity contribution < 1.29 is 22.6 Å². The first-order chi connectivity index (χ1) is 14.7. The Bertz CT molecular complexity index is 1060. The molecular formula is C19H18F3N5O3S. The van der Waals surface area contributed by atoms with Crippen molar-refractivity contribution in [1.82, 2.24) is 15.0 Å². The monoisotopic (exact) mass is 453 g/mol. The van der Waals surface area contributed by atoms with Crippen LogP contribution in [0.1, 0.15) is 24.4 Å². The Hall–Kier alpha value is -2.99. The van der Waals surface area contributed by atoms with Crippen LogP contribution in [0, 0.1) is 10.1 Å². The minimum absolute atomic E-state index is 0.161. The molecule has 0 aliphatic carbocycles. The van der Waals surface area contributed by atoms with Gasteiger partial charge in [-0.3, -0.25) is 15.0 Å². The summed E-state index contributed by atoms with van der Waals surface area (Å²) in [5, 5.41) is 17.3. The molecule has 0 bridgehead atoms. The zero-order chi connectivity index (χ0) is 22.2. The maximum atomic E-state index is 12.9. The van der Waals surface area contributed by atoms with E-state index in [4.69, 9.17) is 4.52 Å². The zero-order valence-corrected chi connectivity index (χ0v) is 17.2. The number of anilines is 1. The number of halogens is 3. The first-order valence-electron chi connectivity index (χ1n) is 9.46. The Morgan fingerprint density at radius 1 is 1.23 bits per heavy atom. The lowest BCUT2D eigenvalue weighted by Crippen LogP contribution is -2.47. The number of hydrogen-bond acceptors (Lipinski definition) is 8. The van der Waals surface area contributed by atoms with Crippen molar-refractivity contribution in [3.63, 3.8) is 0 Å². The van der Waals surface area contributed by atoms with Crippen molar-refractivity contribution in [2.24, 2.45) is 0 Å². The number of rotatable bonds is 5. The molecule has 0 N–H and O–H groups in total. The smallest absolute Gasteiger partial charge is 0.363 e. The zero-order valence-electron chi connectivity index (χ0n) is 16.4. The van der Waals surface area contributed by atoms with E-state index in [1.54, 1.807) is 4.90 Å². The fourth-order valence-electron chi connectivity index (χ4n) is 3.53. The van der Waals surface area contributed by atoms with Gasteiger partial charge in [0.25, 0.3) is 5.69 Å². The van der Waals surface area contributed by atoms with Crippen LogP contribution in [0.3, 0.4) is 0 Å². The molecule has 1 aliphatic heterocycles. The molecule has 1 saturated heterocycles. The Morgan fingerprint density at radius 2 is 1.97 bits per heavy atom. The van der Waals surface area contributed by atoms with E-state index in [9.17, 15) is 23.3 Å². The van der Waals surface area contributed by atoms with E-state index in [1.165, 1.54) is 17.4 Å². The van der Waals surface area contributed by atoms with Crippen LogP contribution in [0.2, 0.25) is 0 Å². The molecule has 0 unspecified atom stereocenters. The minimum atomic E-state index is -4.64. The summed E-state index contributed by atoms with van der Waals surface area (Å²) in [6.45, 7) is 3.85. The fourth-order valence-corrected chi connectivity index (χ4v) is 4.18. The highest BCUT2D eigenvalue weighted by Gasteiger charge is 2.34. The predicted octanol–water partition coefficient (Wildman–Crippen LogP) is 4.61. The van der Waals surface area contributed by atoms with Crippen LogP contribution in [0.4, 0.5) is 24.5 Å². The maximum absolute atomic E-state index is 12.9. The van der Waals surface area contributed by atoms with Crippen LogP contribution in [0.5, 0.6) is 0 Å². The lowest BCUT2D eigenvalue weighted by molar-refractivity contribution is -0.384. The van der Waals surface area contributed by atoms with Gasteiger partial charge in [0.1, 0.15) is 5.69 Å². The molecular weight excluding hydrogens is 435 g/mol. The molecule has 164 valence electrons. The second-order valence-electron chi connectivity index (χ2n) is 7.09. The normalized spacial score (nSPS) is 16.5. The molecule has 0 amide bonds. The van der Waals surface area contributed by atoms with E-state index in [-0.39, 0.29) is 11.7 Å². The summed E-state index contributed by atoms with van der Waals surface area (Å²) < 4.78 is 44.2. The van der Waals surface area contributed by atoms with Gasteiger partial charge in [0.15, 0.2) is 0 Å². The predicted molar refractivity (Wildman–Crippen MR) is 108 cm³/mol. The minimum Gasteiger partial charge on any atom is -0.363 e. The van der Waals surface area contributed by atoms with Crippen molar-refractivity contribution in [3.05, 3.63) is 57.3 Å². The van der Waals surface area contributed by atoms with Crippen molar-refractivity contribution in [2.45, 2.75) is 19.1 Å². The summed E-state index contributed by atoms with van der Waals surface area (Å²) in [5.74, 6) is 0.994. The molecule has 2 aromatic heterocycles. The molecule has 1 atom stereocenters. The summed E-state index contributed by atoms with van der Waals surface area (Å²) in [4.78, 5) is 19.8. The third kappa shape index (κ3) is 4.39. The molecule has 3 heterocycles. The van der Waals surface area contributed by atoms with Gasteiger partial charge < -0.3 is 9.42 Å². The number of alkyl halides is 3. The van der Waals surface area contributed by atoms with Crippen LogP contribution in [0.25, 0.3) is 10.7 Å². The number of nitrogens with zero attached hydrogens (tertiary/aromatic N) is 5. The lowest BCUT2D eigenvalue weighted by atomic mass is 10.1. The standard InChI is InChI=1S/C19H18F3N5O3S/c1-12(18-23-17(24-30-18)16-3-2-10-31-16)25-6-8-26(9-7-25)14-5-4-13(19(20,21)22)11-15(14)27(28)29/h2-5,10-12H,6-9H2,1H3/t12-/m1/s1. The highest BCUT2D eigenvalue weighted by molar-refractivity contribution is 7.13. The van der Waals surface area contributed by atoms with Crippen LogP contribution >= 0.6 is 11.3 Å². The highest BCUT2D eigenvalue weighted by atomic mass is 32.1. The number of hydrogen-bond donors (Lipinski definition) is 0. The van der Waals surface area contributed by atoms with Gasteiger partial charge in [-0.15, -0.1) is 11.3 Å². The molecule has 4 rings (SSSR count). The molecule has 31 heavy (non-hydrogen) atoms. The van der Waals surface area contributed by atoms with Crippen molar-refractivity contribution in [1.29, 1.82) is 0 Å². The molecule has 1 aromatic carbocycles. The Kier molecular flexibility index (Phi) is 5.67. The number of nitro groups is 1. The number of benzene rings is 1. The number of thiophene rings is 1. The molecule has 1 fully saturated rings. The molecule has 0 radical (unpaired) electrons. The first-order valence-corrected chi connectivity index (χ1v) is 10.3. The van der Waals surface area contributed by atoms with Crippen LogP contribution in [-0.2, 0) is 6.18 Å². The highest BCUT2D eigenvalue weighted by Crippen LogP contribution is 2.37. The largest absolute Gasteiger partial charge is 0.416 e. The van der Waals surface area contributed by atoms with Crippen LogP contribution < -0.4 is 4.90 Å². The van der Waals surface area contributed by atoms with E-state index in [0.717, 1.165) is 10.9 Å². The van der Waals surface area contributed by atoms with E-state index in [0.29, 0.717) is 44.0 Å². The first kappa shape index (κ1) is 21.2. The van der Waals surface area contributed by atoms with Gasteiger partial charge in [-0.1, -0.05) is 11.2 Å². The second kappa shape index (κ2) is 8.27. The molecule has 12 heteroatoms. The Morgan fingerprint density at radius 3 is 2.58 bits per heavy atom. The Labute approximate surface area is 179 Å². The Balaban J connectivity index is 1.46. The number of aromatic nitrogens is 2. The van der Waals surface area contributed by atoms with Crippen molar-refractivity contribution >= 4 is 22.7 Å². The number of nitro benzene ring substituents is 1. The SMILES string of the molecule is C[C@H](c1nc(-c2cccs2)no1)N1CCN(c2ccc(C(F)(F)F)cc2[N+](=O)[O-])CC1. The van der Waals surface area contributed by atoms with E-state index in [2.05, 4.69) is 15.0 Å². The molecule has 0 saturated carbocycles. The van der Waals surface area contributed by atoms with Gasteiger partial charge in [-0.2, -0.15) is 18.2 Å². The summed E-state index contributed by atoms with van der Waals surface area (Å²) in [6.07, 6.45) is -4.64. The quantitative estimate of drug-likeness (QED) is 0.412. The van der Waals surface area contributed by atoms with Crippen molar-refractivity contribution in [2.75, 3.05) is 31.1 Å². The van der Waals surface area contributed by atoms with Gasteiger partial charge in [-0.25, -0.2) is 0 Å². The van der Waals surface area contributed by atoms with Crippen LogP contribution in [-0.4, -0.2) is 46.1 Å². The molecule has 0 spiro atoms. The number of piperazine rings is 1. The topological polar surface area (TPSA) is 88.5 Å². The van der Waals surface area contributed by atoms with Crippen LogP contribution in [0.15, 0.2) is 40.2 Å². The van der Waals surface area contributed by atoms with E-state index in [1.807, 2.05) is 24.4 Å². The third-order valence-corrected chi connectivity index (χ3v) is 6.11. The van der Waals surface area contributed by atoms with E-state index < -0.39 is 22.4 Å².